The van der Waals surface area contributed by atoms with Crippen molar-refractivity contribution >= 4 is 33.4 Å². The van der Waals surface area contributed by atoms with Crippen LogP contribution in [0.15, 0.2) is 28.7 Å². The van der Waals surface area contributed by atoms with Crippen LogP contribution in [0, 0.1) is 0 Å². The Kier molecular flexibility index (Phi) is 7.18. The lowest BCUT2D eigenvalue weighted by Gasteiger charge is -2.06. The van der Waals surface area contributed by atoms with Crippen LogP contribution in [-0.2, 0) is 9.59 Å². The zero-order valence-electron chi connectivity index (χ0n) is 11.0. The van der Waals surface area contributed by atoms with Crippen LogP contribution < -0.4 is 10.6 Å². The van der Waals surface area contributed by atoms with Crippen LogP contribution in [0.2, 0.25) is 0 Å². The molecule has 0 heterocycles. The van der Waals surface area contributed by atoms with Crippen molar-refractivity contribution in [1.82, 2.24) is 5.32 Å². The molecule has 2 amide bonds. The number of hydrogen-bond acceptors (Lipinski definition) is 2. The van der Waals surface area contributed by atoms with Gasteiger partial charge in [-0.3, -0.25) is 9.59 Å². The number of hydrogen-bond donors (Lipinski definition) is 2. The summed E-state index contributed by atoms with van der Waals surface area (Å²) in [5.74, 6) is -1.21. The molecule has 104 valence electrons. The van der Waals surface area contributed by atoms with E-state index in [9.17, 15) is 9.59 Å². The first-order chi connectivity index (χ1) is 9.13. The van der Waals surface area contributed by atoms with E-state index in [1.807, 2.05) is 0 Å². The second-order valence-electron chi connectivity index (χ2n) is 4.28. The molecule has 0 aliphatic carbocycles. The van der Waals surface area contributed by atoms with Gasteiger partial charge in [0.25, 0.3) is 0 Å². The van der Waals surface area contributed by atoms with Gasteiger partial charge in [-0.15, -0.1) is 0 Å². The molecule has 0 saturated carbocycles. The van der Waals surface area contributed by atoms with E-state index in [2.05, 4.69) is 33.5 Å². The smallest absolute Gasteiger partial charge is 0.313 e. The van der Waals surface area contributed by atoms with Crippen LogP contribution in [-0.4, -0.2) is 18.4 Å². The lowest BCUT2D eigenvalue weighted by Crippen LogP contribution is -2.35. The van der Waals surface area contributed by atoms with E-state index in [-0.39, 0.29) is 0 Å². The van der Waals surface area contributed by atoms with Crippen LogP contribution in [0.25, 0.3) is 0 Å². The Labute approximate surface area is 122 Å². The van der Waals surface area contributed by atoms with Gasteiger partial charge in [-0.05, 0) is 30.7 Å². The molecule has 0 spiro atoms. The summed E-state index contributed by atoms with van der Waals surface area (Å²) in [5, 5.41) is 5.16. The van der Waals surface area contributed by atoms with E-state index in [1.165, 1.54) is 0 Å². The molecule has 0 aromatic heterocycles. The Balaban J connectivity index is 2.28. The van der Waals surface area contributed by atoms with Gasteiger partial charge in [-0.1, -0.05) is 42.1 Å². The molecule has 2 N–H and O–H groups in total. The number of nitrogens with one attached hydrogen (secondary N) is 2. The van der Waals surface area contributed by atoms with Crippen LogP contribution in [0.4, 0.5) is 5.69 Å². The zero-order valence-corrected chi connectivity index (χ0v) is 12.6. The molecule has 0 atom stereocenters. The molecule has 5 heteroatoms. The van der Waals surface area contributed by atoms with Crippen LogP contribution >= 0.6 is 15.9 Å². The quantitative estimate of drug-likeness (QED) is 0.623. The Bertz CT molecular complexity index is 418. The first-order valence-electron chi connectivity index (χ1n) is 6.48. The second-order valence-corrected chi connectivity index (χ2v) is 5.19. The Morgan fingerprint density at radius 3 is 2.37 bits per heavy atom. The van der Waals surface area contributed by atoms with Gasteiger partial charge in [0.15, 0.2) is 0 Å². The van der Waals surface area contributed by atoms with Crippen molar-refractivity contribution in [2.45, 2.75) is 32.6 Å². The van der Waals surface area contributed by atoms with Crippen molar-refractivity contribution in [3.63, 3.8) is 0 Å². The van der Waals surface area contributed by atoms with Crippen molar-refractivity contribution in [3.05, 3.63) is 28.7 Å². The number of carbonyl (C=O) groups is 2. The maximum absolute atomic E-state index is 11.6. The van der Waals surface area contributed by atoms with Gasteiger partial charge >= 0.3 is 11.8 Å². The average molecular weight is 327 g/mol. The molecule has 1 rings (SSSR count). The summed E-state index contributed by atoms with van der Waals surface area (Å²) in [6, 6.07) is 7.07. The topological polar surface area (TPSA) is 58.2 Å². The Morgan fingerprint density at radius 1 is 1.05 bits per heavy atom. The maximum atomic E-state index is 11.6. The second kappa shape index (κ2) is 8.69. The zero-order chi connectivity index (χ0) is 14.1. The minimum Gasteiger partial charge on any atom is -0.348 e. The van der Waals surface area contributed by atoms with Crippen molar-refractivity contribution in [2.75, 3.05) is 11.9 Å². The highest BCUT2D eigenvalue weighted by Crippen LogP contribution is 2.13. The third-order valence-electron chi connectivity index (χ3n) is 2.62. The van der Waals surface area contributed by atoms with Crippen molar-refractivity contribution < 1.29 is 9.59 Å². The van der Waals surface area contributed by atoms with E-state index in [0.717, 1.165) is 30.2 Å². The largest absolute Gasteiger partial charge is 0.348 e. The number of anilines is 1. The molecule has 0 unspecified atom stereocenters. The summed E-state index contributed by atoms with van der Waals surface area (Å²) in [6.07, 6.45) is 4.29. The third kappa shape index (κ3) is 6.38. The predicted molar refractivity (Wildman–Crippen MR) is 79.9 cm³/mol. The van der Waals surface area contributed by atoms with E-state index in [1.54, 1.807) is 24.3 Å². The first-order valence-corrected chi connectivity index (χ1v) is 7.27. The van der Waals surface area contributed by atoms with Gasteiger partial charge in [-0.2, -0.15) is 0 Å². The van der Waals surface area contributed by atoms with E-state index in [0.29, 0.717) is 12.2 Å². The van der Waals surface area contributed by atoms with Gasteiger partial charge in [0.05, 0.1) is 0 Å². The minimum atomic E-state index is -0.627. The SMILES string of the molecule is CCCCCCNC(=O)C(=O)Nc1ccc(Br)cc1. The number of carbonyl (C=O) groups excluding carboxylic acids is 2. The first kappa shape index (κ1) is 15.7. The summed E-state index contributed by atoms with van der Waals surface area (Å²) in [5.41, 5.74) is 0.606. The Morgan fingerprint density at radius 2 is 1.74 bits per heavy atom. The fraction of sp³-hybridized carbons (Fsp3) is 0.429. The summed E-state index contributed by atoms with van der Waals surface area (Å²) < 4.78 is 0.922. The van der Waals surface area contributed by atoms with E-state index < -0.39 is 11.8 Å². The molecule has 19 heavy (non-hydrogen) atoms. The molecule has 4 nitrogen and oxygen atoms in total. The molecule has 0 aliphatic heterocycles. The molecule has 0 bridgehead atoms. The fourth-order valence-corrected chi connectivity index (χ4v) is 1.82. The highest BCUT2D eigenvalue weighted by molar-refractivity contribution is 9.10. The molecule has 0 aliphatic rings. The standard InChI is InChI=1S/C14H19BrN2O2/c1-2-3-4-5-10-16-13(18)14(19)17-12-8-6-11(15)7-9-12/h6-9H,2-5,10H2,1H3,(H,16,18)(H,17,19). The summed E-state index contributed by atoms with van der Waals surface area (Å²) in [4.78, 5) is 23.1. The monoisotopic (exact) mass is 326 g/mol. The minimum absolute atomic E-state index is 0.548. The maximum Gasteiger partial charge on any atom is 0.313 e. The van der Waals surface area contributed by atoms with Gasteiger partial charge in [-0.25, -0.2) is 0 Å². The average Bonchev–Trinajstić information content (AvgIpc) is 2.41. The number of rotatable bonds is 6. The number of unbranched alkanes of at least 4 members (excludes halogenated alkanes) is 3. The molecular weight excluding hydrogens is 308 g/mol. The van der Waals surface area contributed by atoms with Crippen LogP contribution in [0.3, 0.4) is 0 Å². The summed E-state index contributed by atoms with van der Waals surface area (Å²) in [6.45, 7) is 2.68. The van der Waals surface area contributed by atoms with Gasteiger partial charge < -0.3 is 10.6 Å². The molecule has 0 fully saturated rings. The number of benzene rings is 1. The molecule has 0 radical (unpaired) electrons. The molecule has 1 aromatic rings. The normalized spacial score (nSPS) is 10.0. The lowest BCUT2D eigenvalue weighted by atomic mass is 10.2. The van der Waals surface area contributed by atoms with Gasteiger partial charge in [0, 0.05) is 16.7 Å². The van der Waals surface area contributed by atoms with E-state index >= 15 is 0 Å². The highest BCUT2D eigenvalue weighted by atomic mass is 79.9. The summed E-state index contributed by atoms with van der Waals surface area (Å²) in [7, 11) is 0. The Hall–Kier alpha value is -1.36. The summed E-state index contributed by atoms with van der Waals surface area (Å²) >= 11 is 3.30. The number of amides is 2. The van der Waals surface area contributed by atoms with Gasteiger partial charge in [0.2, 0.25) is 0 Å². The van der Waals surface area contributed by atoms with Crippen molar-refractivity contribution in [2.24, 2.45) is 0 Å². The molecule has 1 aromatic carbocycles. The van der Waals surface area contributed by atoms with Crippen LogP contribution in [0.1, 0.15) is 32.6 Å². The van der Waals surface area contributed by atoms with E-state index in [4.69, 9.17) is 0 Å². The molecule has 0 saturated heterocycles. The molecular formula is C14H19BrN2O2. The fourth-order valence-electron chi connectivity index (χ4n) is 1.56. The lowest BCUT2D eigenvalue weighted by molar-refractivity contribution is -0.136. The predicted octanol–water partition coefficient (Wildman–Crippen LogP) is 3.08. The number of halogens is 1. The third-order valence-corrected chi connectivity index (χ3v) is 3.15. The van der Waals surface area contributed by atoms with Crippen molar-refractivity contribution in [1.29, 1.82) is 0 Å². The highest BCUT2D eigenvalue weighted by Gasteiger charge is 2.12. The van der Waals surface area contributed by atoms with Gasteiger partial charge in [0.1, 0.15) is 0 Å². The van der Waals surface area contributed by atoms with Crippen LogP contribution in [0.5, 0.6) is 0 Å². The van der Waals surface area contributed by atoms with Crippen molar-refractivity contribution in [3.8, 4) is 0 Å².